The Labute approximate surface area is 140 Å². The van der Waals surface area contributed by atoms with Gasteiger partial charge in [0.2, 0.25) is 0 Å². The van der Waals surface area contributed by atoms with E-state index in [1.807, 2.05) is 24.4 Å². The molecule has 2 N–H and O–H groups in total. The van der Waals surface area contributed by atoms with E-state index in [0.29, 0.717) is 0 Å². The van der Waals surface area contributed by atoms with Gasteiger partial charge in [-0.1, -0.05) is 12.1 Å². The van der Waals surface area contributed by atoms with Crippen LogP contribution in [0.15, 0.2) is 61.1 Å². The second kappa shape index (κ2) is 6.42. The van der Waals surface area contributed by atoms with Crippen molar-refractivity contribution in [3.63, 3.8) is 0 Å². The van der Waals surface area contributed by atoms with Crippen molar-refractivity contribution in [1.82, 2.24) is 15.3 Å². The van der Waals surface area contributed by atoms with Gasteiger partial charge in [-0.15, -0.1) is 0 Å². The predicted molar refractivity (Wildman–Crippen MR) is 94.9 cm³/mol. The number of benzene rings is 1. The van der Waals surface area contributed by atoms with Crippen LogP contribution < -0.4 is 5.32 Å². The number of rotatable bonds is 3. The van der Waals surface area contributed by atoms with Gasteiger partial charge in [0, 0.05) is 41.8 Å². The van der Waals surface area contributed by atoms with Crippen molar-refractivity contribution in [3.8, 4) is 22.4 Å². The number of hydrogen-bond acceptors (Lipinski definition) is 2. The zero-order chi connectivity index (χ0) is 16.4. The Bertz CT molecular complexity index is 864. The molecule has 120 valence electrons. The number of nitrogens with one attached hydrogen (secondary N) is 2. The van der Waals surface area contributed by atoms with E-state index in [1.54, 1.807) is 6.20 Å². The summed E-state index contributed by atoms with van der Waals surface area (Å²) in [6.07, 6.45) is 8.94. The molecule has 4 heteroatoms. The molecule has 0 fully saturated rings. The third-order valence-corrected chi connectivity index (χ3v) is 4.37. The highest BCUT2D eigenvalue weighted by atomic mass is 19.1. The molecule has 4 rings (SSSR count). The Morgan fingerprint density at radius 1 is 1.04 bits per heavy atom. The summed E-state index contributed by atoms with van der Waals surface area (Å²) in [6.45, 7) is 1.87. The number of hydrogen-bond donors (Lipinski definition) is 2. The van der Waals surface area contributed by atoms with Crippen LogP contribution in [0.1, 0.15) is 12.0 Å². The molecule has 1 aromatic carbocycles. The molecular formula is C20H18FN3. The highest BCUT2D eigenvalue weighted by Gasteiger charge is 2.18. The third kappa shape index (κ3) is 2.76. The van der Waals surface area contributed by atoms with Gasteiger partial charge in [0.25, 0.3) is 0 Å². The molecule has 0 atom stereocenters. The first-order valence-electron chi connectivity index (χ1n) is 8.11. The van der Waals surface area contributed by atoms with Crippen molar-refractivity contribution >= 4 is 5.57 Å². The van der Waals surface area contributed by atoms with Crippen LogP contribution in [0.3, 0.4) is 0 Å². The molecule has 3 heterocycles. The minimum absolute atomic E-state index is 0.227. The van der Waals surface area contributed by atoms with Gasteiger partial charge in [-0.2, -0.15) is 0 Å². The molecule has 0 aliphatic carbocycles. The van der Waals surface area contributed by atoms with Gasteiger partial charge in [-0.3, -0.25) is 4.98 Å². The highest BCUT2D eigenvalue weighted by molar-refractivity contribution is 5.91. The molecule has 0 radical (unpaired) electrons. The smallest absolute Gasteiger partial charge is 0.123 e. The van der Waals surface area contributed by atoms with E-state index < -0.39 is 0 Å². The van der Waals surface area contributed by atoms with E-state index in [0.717, 1.165) is 41.9 Å². The van der Waals surface area contributed by atoms with Gasteiger partial charge in [0.1, 0.15) is 5.82 Å². The molecule has 0 spiro atoms. The summed E-state index contributed by atoms with van der Waals surface area (Å²) >= 11 is 0. The summed E-state index contributed by atoms with van der Waals surface area (Å²) < 4.78 is 13.3. The van der Waals surface area contributed by atoms with Crippen molar-refractivity contribution in [3.05, 3.63) is 72.4 Å². The van der Waals surface area contributed by atoms with Crippen LogP contribution in [-0.2, 0) is 0 Å². The summed E-state index contributed by atoms with van der Waals surface area (Å²) in [6, 6.07) is 10.6. The van der Waals surface area contributed by atoms with Gasteiger partial charge in [0.05, 0.1) is 5.69 Å². The molecule has 0 bridgehead atoms. The summed E-state index contributed by atoms with van der Waals surface area (Å²) in [7, 11) is 0. The fourth-order valence-corrected chi connectivity index (χ4v) is 3.20. The number of nitrogens with zero attached hydrogens (tertiary/aromatic N) is 1. The Balaban J connectivity index is 1.90. The van der Waals surface area contributed by atoms with Crippen LogP contribution in [0.25, 0.3) is 28.0 Å². The standard InChI is InChI=1S/C20H18FN3/c21-17-5-3-15(4-6-17)20-19(16-2-1-9-23-12-16)18(13-24-20)14-7-10-22-11-8-14/h1-7,9,12-13,22,24H,8,10-11H2. The summed E-state index contributed by atoms with van der Waals surface area (Å²) in [5.41, 5.74) is 6.69. The maximum absolute atomic E-state index is 13.3. The number of aromatic nitrogens is 2. The average Bonchev–Trinajstić information content (AvgIpc) is 3.09. The Hall–Kier alpha value is -2.72. The van der Waals surface area contributed by atoms with Gasteiger partial charge in [-0.05, 0) is 54.4 Å². The molecule has 0 unspecified atom stereocenters. The van der Waals surface area contributed by atoms with E-state index in [9.17, 15) is 4.39 Å². The maximum Gasteiger partial charge on any atom is 0.123 e. The second-order valence-corrected chi connectivity index (χ2v) is 5.88. The Morgan fingerprint density at radius 3 is 2.62 bits per heavy atom. The molecule has 1 aliphatic rings. The minimum atomic E-state index is -0.227. The number of aromatic amines is 1. The van der Waals surface area contributed by atoms with E-state index in [1.165, 1.54) is 23.3 Å². The zero-order valence-corrected chi connectivity index (χ0v) is 13.2. The molecular weight excluding hydrogens is 301 g/mol. The molecule has 1 aliphatic heterocycles. The minimum Gasteiger partial charge on any atom is -0.360 e. The monoisotopic (exact) mass is 319 g/mol. The lowest BCUT2D eigenvalue weighted by atomic mass is 9.93. The molecule has 3 aromatic rings. The van der Waals surface area contributed by atoms with Crippen LogP contribution in [0.4, 0.5) is 4.39 Å². The van der Waals surface area contributed by atoms with Crippen LogP contribution in [0, 0.1) is 5.82 Å². The number of halogens is 1. The first-order chi connectivity index (χ1) is 11.8. The lowest BCUT2D eigenvalue weighted by molar-refractivity contribution is 0.628. The number of pyridine rings is 1. The molecule has 0 saturated carbocycles. The summed E-state index contributed by atoms with van der Waals surface area (Å²) in [5.74, 6) is -0.227. The van der Waals surface area contributed by atoms with Gasteiger partial charge < -0.3 is 10.3 Å². The first kappa shape index (κ1) is 14.8. The molecule has 3 nitrogen and oxygen atoms in total. The van der Waals surface area contributed by atoms with Crippen LogP contribution in [0.2, 0.25) is 0 Å². The normalized spacial score (nSPS) is 14.5. The van der Waals surface area contributed by atoms with E-state index in [2.05, 4.69) is 33.6 Å². The Morgan fingerprint density at radius 2 is 1.92 bits per heavy atom. The quantitative estimate of drug-likeness (QED) is 0.757. The summed E-state index contributed by atoms with van der Waals surface area (Å²) in [5, 5.41) is 3.35. The molecule has 2 aromatic heterocycles. The fourth-order valence-electron chi connectivity index (χ4n) is 3.20. The molecule has 0 saturated heterocycles. The van der Waals surface area contributed by atoms with Crippen molar-refractivity contribution in [1.29, 1.82) is 0 Å². The molecule has 0 amide bonds. The van der Waals surface area contributed by atoms with Gasteiger partial charge >= 0.3 is 0 Å². The van der Waals surface area contributed by atoms with Crippen molar-refractivity contribution in [2.75, 3.05) is 13.1 Å². The van der Waals surface area contributed by atoms with Crippen LogP contribution in [0.5, 0.6) is 0 Å². The maximum atomic E-state index is 13.3. The van der Waals surface area contributed by atoms with Crippen molar-refractivity contribution in [2.24, 2.45) is 0 Å². The SMILES string of the molecule is Fc1ccc(-c2[nH]cc(C3=CCNCC3)c2-c2cccnc2)cc1. The van der Waals surface area contributed by atoms with Crippen molar-refractivity contribution in [2.45, 2.75) is 6.42 Å². The van der Waals surface area contributed by atoms with E-state index >= 15 is 0 Å². The summed E-state index contributed by atoms with van der Waals surface area (Å²) in [4.78, 5) is 7.66. The number of H-pyrrole nitrogens is 1. The van der Waals surface area contributed by atoms with Gasteiger partial charge in [-0.25, -0.2) is 4.39 Å². The van der Waals surface area contributed by atoms with Crippen LogP contribution in [-0.4, -0.2) is 23.1 Å². The molecule has 24 heavy (non-hydrogen) atoms. The first-order valence-corrected chi connectivity index (χ1v) is 8.11. The highest BCUT2D eigenvalue weighted by Crippen LogP contribution is 2.38. The van der Waals surface area contributed by atoms with Crippen LogP contribution >= 0.6 is 0 Å². The van der Waals surface area contributed by atoms with E-state index in [-0.39, 0.29) is 5.82 Å². The Kier molecular flexibility index (Phi) is 3.97. The van der Waals surface area contributed by atoms with Gasteiger partial charge in [0.15, 0.2) is 0 Å². The second-order valence-electron chi connectivity index (χ2n) is 5.88. The van der Waals surface area contributed by atoms with E-state index in [4.69, 9.17) is 0 Å². The zero-order valence-electron chi connectivity index (χ0n) is 13.2. The lowest BCUT2D eigenvalue weighted by Gasteiger charge is -2.15. The topological polar surface area (TPSA) is 40.7 Å². The van der Waals surface area contributed by atoms with Crippen molar-refractivity contribution < 1.29 is 4.39 Å². The lowest BCUT2D eigenvalue weighted by Crippen LogP contribution is -2.20. The fraction of sp³-hybridized carbons (Fsp3) is 0.150. The average molecular weight is 319 g/mol. The predicted octanol–water partition coefficient (Wildman–Crippen LogP) is 4.26. The third-order valence-electron chi connectivity index (χ3n) is 4.37. The largest absolute Gasteiger partial charge is 0.360 e.